The number of carboxylic acid groups (broad SMARTS) is 1. The van der Waals surface area contributed by atoms with E-state index >= 15 is 0 Å². The molecular formula is C26H30N4O2S. The average molecular weight is 463 g/mol. The van der Waals surface area contributed by atoms with Crippen LogP contribution in [-0.4, -0.2) is 27.7 Å². The lowest BCUT2D eigenvalue weighted by atomic mass is 10.1. The number of aryl methyl sites for hydroxylation is 2. The third-order valence-electron chi connectivity index (χ3n) is 5.43. The number of aromatic carboxylic acids is 1. The van der Waals surface area contributed by atoms with E-state index in [1.165, 1.54) is 11.1 Å². The first-order valence-electron chi connectivity index (χ1n) is 10.7. The minimum Gasteiger partial charge on any atom is -0.478 e. The van der Waals surface area contributed by atoms with Crippen molar-refractivity contribution < 1.29 is 9.90 Å². The molecule has 172 valence electrons. The van der Waals surface area contributed by atoms with E-state index in [4.69, 9.17) is 5.73 Å². The van der Waals surface area contributed by atoms with E-state index in [2.05, 4.69) is 23.3 Å². The Morgan fingerprint density at radius 2 is 1.85 bits per heavy atom. The first-order chi connectivity index (χ1) is 15.8. The second kappa shape index (κ2) is 10.9. The van der Waals surface area contributed by atoms with E-state index in [1.54, 1.807) is 17.4 Å². The molecule has 0 spiro atoms. The van der Waals surface area contributed by atoms with Gasteiger partial charge in [0.15, 0.2) is 0 Å². The van der Waals surface area contributed by atoms with Crippen LogP contribution in [0.2, 0.25) is 0 Å². The summed E-state index contributed by atoms with van der Waals surface area (Å²) in [6.45, 7) is 7.33. The van der Waals surface area contributed by atoms with Gasteiger partial charge in [0, 0.05) is 34.6 Å². The molecule has 0 saturated heterocycles. The van der Waals surface area contributed by atoms with Gasteiger partial charge in [0.2, 0.25) is 0 Å². The van der Waals surface area contributed by atoms with E-state index in [0.29, 0.717) is 12.1 Å². The zero-order valence-corrected chi connectivity index (χ0v) is 20.2. The van der Waals surface area contributed by atoms with E-state index in [-0.39, 0.29) is 0 Å². The van der Waals surface area contributed by atoms with Crippen LogP contribution in [0, 0.1) is 20.8 Å². The molecule has 33 heavy (non-hydrogen) atoms. The van der Waals surface area contributed by atoms with Crippen LogP contribution in [0.3, 0.4) is 0 Å². The fourth-order valence-electron chi connectivity index (χ4n) is 3.62. The Bertz CT molecular complexity index is 1230. The average Bonchev–Trinajstić information content (AvgIpc) is 3.37. The number of carbonyl (C=O) groups is 1. The lowest BCUT2D eigenvalue weighted by Crippen LogP contribution is -2.06. The van der Waals surface area contributed by atoms with Crippen LogP contribution in [0.15, 0.2) is 60.0 Å². The summed E-state index contributed by atoms with van der Waals surface area (Å²) in [6.07, 6.45) is 0. The van der Waals surface area contributed by atoms with E-state index in [9.17, 15) is 9.90 Å². The SMILES string of the molecule is CNCc1ccc(N)cc1C.Cc1cc(C(=O)O)c(C)n1Cc1csc(-c2ccccc2)n1. The maximum Gasteiger partial charge on any atom is 0.337 e. The Labute approximate surface area is 198 Å². The van der Waals surface area contributed by atoms with Gasteiger partial charge in [-0.15, -0.1) is 11.3 Å². The zero-order valence-electron chi connectivity index (χ0n) is 19.4. The number of nitrogens with two attached hydrogens (primary N) is 1. The Kier molecular flexibility index (Phi) is 8.03. The highest BCUT2D eigenvalue weighted by atomic mass is 32.1. The molecule has 0 aliphatic rings. The first-order valence-corrected chi connectivity index (χ1v) is 11.6. The van der Waals surface area contributed by atoms with Crippen molar-refractivity contribution in [1.29, 1.82) is 0 Å². The molecule has 2 aromatic carbocycles. The first kappa shape index (κ1) is 24.2. The summed E-state index contributed by atoms with van der Waals surface area (Å²) in [5, 5.41) is 15.3. The predicted molar refractivity (Wildman–Crippen MR) is 136 cm³/mol. The summed E-state index contributed by atoms with van der Waals surface area (Å²) in [7, 11) is 1.94. The molecule has 4 aromatic rings. The highest BCUT2D eigenvalue weighted by Crippen LogP contribution is 2.25. The highest BCUT2D eigenvalue weighted by molar-refractivity contribution is 7.13. The number of thiazole rings is 1. The van der Waals surface area contributed by atoms with Crippen LogP contribution in [-0.2, 0) is 13.1 Å². The van der Waals surface area contributed by atoms with E-state index in [0.717, 1.165) is 39.9 Å². The lowest BCUT2D eigenvalue weighted by molar-refractivity contribution is 0.0696. The van der Waals surface area contributed by atoms with Crippen molar-refractivity contribution in [3.8, 4) is 10.6 Å². The largest absolute Gasteiger partial charge is 0.478 e. The zero-order chi connectivity index (χ0) is 24.0. The van der Waals surface area contributed by atoms with E-state index in [1.807, 2.05) is 73.3 Å². The number of carboxylic acids is 1. The van der Waals surface area contributed by atoms with Crippen molar-refractivity contribution in [1.82, 2.24) is 14.9 Å². The molecule has 0 aliphatic carbocycles. The normalized spacial score (nSPS) is 10.5. The van der Waals surface area contributed by atoms with E-state index < -0.39 is 5.97 Å². The number of hydrogen-bond donors (Lipinski definition) is 3. The number of aromatic nitrogens is 2. The van der Waals surface area contributed by atoms with Crippen molar-refractivity contribution in [2.24, 2.45) is 0 Å². The number of anilines is 1. The summed E-state index contributed by atoms with van der Waals surface area (Å²) in [4.78, 5) is 15.9. The van der Waals surface area contributed by atoms with Gasteiger partial charge in [-0.2, -0.15) is 0 Å². The molecule has 0 atom stereocenters. The molecule has 4 N–H and O–H groups in total. The lowest BCUT2D eigenvalue weighted by Gasteiger charge is -2.07. The highest BCUT2D eigenvalue weighted by Gasteiger charge is 2.15. The quantitative estimate of drug-likeness (QED) is 0.339. The van der Waals surface area contributed by atoms with Crippen LogP contribution in [0.5, 0.6) is 0 Å². The third-order valence-corrected chi connectivity index (χ3v) is 6.37. The van der Waals surface area contributed by atoms with Gasteiger partial charge in [-0.25, -0.2) is 9.78 Å². The Hall–Kier alpha value is -3.42. The molecule has 6 nitrogen and oxygen atoms in total. The third kappa shape index (κ3) is 6.09. The summed E-state index contributed by atoms with van der Waals surface area (Å²) in [5.74, 6) is -0.886. The smallest absolute Gasteiger partial charge is 0.337 e. The van der Waals surface area contributed by atoms with Gasteiger partial charge in [0.1, 0.15) is 5.01 Å². The minimum absolute atomic E-state index is 0.357. The van der Waals surface area contributed by atoms with Gasteiger partial charge in [-0.1, -0.05) is 36.4 Å². The Morgan fingerprint density at radius 1 is 1.12 bits per heavy atom. The standard InChI is InChI=1S/C17H16N2O2S.C9H14N2/c1-11-8-15(17(20)21)12(2)19(11)9-14-10-22-16(18-14)13-6-4-3-5-7-13;1-7-5-9(10)4-3-8(7)6-11-2/h3-8,10H,9H2,1-2H3,(H,20,21);3-5,11H,6,10H2,1-2H3. The number of nitrogens with one attached hydrogen (secondary N) is 1. The van der Waals surface area contributed by atoms with Crippen molar-refractivity contribution in [3.05, 3.63) is 93.7 Å². The summed E-state index contributed by atoms with van der Waals surface area (Å²) >= 11 is 1.61. The maximum absolute atomic E-state index is 11.2. The molecule has 0 unspecified atom stereocenters. The van der Waals surface area contributed by atoms with Gasteiger partial charge in [0.05, 0.1) is 17.8 Å². The minimum atomic E-state index is -0.886. The second-order valence-electron chi connectivity index (χ2n) is 7.90. The van der Waals surface area contributed by atoms with Crippen LogP contribution in [0.1, 0.15) is 38.6 Å². The number of hydrogen-bond acceptors (Lipinski definition) is 5. The molecule has 0 saturated carbocycles. The number of rotatable bonds is 6. The summed E-state index contributed by atoms with van der Waals surface area (Å²) in [6, 6.07) is 17.7. The van der Waals surface area contributed by atoms with Crippen molar-refractivity contribution in [3.63, 3.8) is 0 Å². The number of nitrogens with zero attached hydrogens (tertiary/aromatic N) is 2. The van der Waals surface area contributed by atoms with Crippen LogP contribution in [0.25, 0.3) is 10.6 Å². The Balaban J connectivity index is 0.000000235. The molecule has 7 heteroatoms. The van der Waals surface area contributed by atoms with Gasteiger partial charge < -0.3 is 20.7 Å². The molecule has 0 aliphatic heterocycles. The van der Waals surface area contributed by atoms with Crippen molar-refractivity contribution >= 4 is 23.0 Å². The maximum atomic E-state index is 11.2. The van der Waals surface area contributed by atoms with Crippen LogP contribution in [0.4, 0.5) is 5.69 Å². The summed E-state index contributed by atoms with van der Waals surface area (Å²) < 4.78 is 1.99. The molecule has 2 aromatic heterocycles. The van der Waals surface area contributed by atoms with Crippen molar-refractivity contribution in [2.45, 2.75) is 33.9 Å². The molecule has 0 bridgehead atoms. The molecule has 4 rings (SSSR count). The number of nitrogen functional groups attached to an aromatic ring is 1. The number of benzene rings is 2. The van der Waals surface area contributed by atoms with Gasteiger partial charge in [-0.05, 0) is 57.1 Å². The molecule has 0 amide bonds. The monoisotopic (exact) mass is 462 g/mol. The van der Waals surface area contributed by atoms with Gasteiger partial charge >= 0.3 is 5.97 Å². The topological polar surface area (TPSA) is 93.2 Å². The predicted octanol–water partition coefficient (Wildman–Crippen LogP) is 5.27. The van der Waals surface area contributed by atoms with Crippen LogP contribution >= 0.6 is 11.3 Å². The fraction of sp³-hybridized carbons (Fsp3) is 0.231. The second-order valence-corrected chi connectivity index (χ2v) is 8.76. The molecule has 2 heterocycles. The van der Waals surface area contributed by atoms with Crippen molar-refractivity contribution in [2.75, 3.05) is 12.8 Å². The molecule has 0 fully saturated rings. The fourth-order valence-corrected chi connectivity index (χ4v) is 4.44. The summed E-state index contributed by atoms with van der Waals surface area (Å²) in [5.41, 5.74) is 13.1. The molecular weight excluding hydrogens is 432 g/mol. The Morgan fingerprint density at radius 3 is 2.45 bits per heavy atom. The van der Waals surface area contributed by atoms with Gasteiger partial charge in [-0.3, -0.25) is 0 Å². The van der Waals surface area contributed by atoms with Crippen LogP contribution < -0.4 is 11.1 Å². The molecule has 0 radical (unpaired) electrons. The van der Waals surface area contributed by atoms with Gasteiger partial charge in [0.25, 0.3) is 0 Å².